The van der Waals surface area contributed by atoms with E-state index in [-0.39, 0.29) is 17.9 Å². The van der Waals surface area contributed by atoms with Crippen LogP contribution < -0.4 is 5.32 Å². The van der Waals surface area contributed by atoms with Crippen LogP contribution in [0.1, 0.15) is 47.8 Å². The molecule has 3 nitrogen and oxygen atoms in total. The summed E-state index contributed by atoms with van der Waals surface area (Å²) in [7, 11) is 0. The average Bonchev–Trinajstić information content (AvgIpc) is 2.75. The van der Waals surface area contributed by atoms with E-state index in [1.165, 1.54) is 11.3 Å². The Bertz CT molecular complexity index is 532. The van der Waals surface area contributed by atoms with Crippen molar-refractivity contribution < 1.29 is 9.90 Å². The molecule has 1 heterocycles. The quantitative estimate of drug-likeness (QED) is 0.839. The molecule has 0 fully saturated rings. The van der Waals surface area contributed by atoms with E-state index >= 15 is 0 Å². The van der Waals surface area contributed by atoms with Crippen molar-refractivity contribution in [1.29, 1.82) is 0 Å². The molecule has 1 rings (SSSR count). The molecule has 0 aliphatic heterocycles. The van der Waals surface area contributed by atoms with Gasteiger partial charge >= 0.3 is 0 Å². The molecule has 0 unspecified atom stereocenters. The van der Waals surface area contributed by atoms with E-state index in [0.29, 0.717) is 17.3 Å². The van der Waals surface area contributed by atoms with E-state index in [2.05, 4.69) is 44.9 Å². The average molecular weight is 293 g/mol. The van der Waals surface area contributed by atoms with Crippen LogP contribution in [0, 0.1) is 30.1 Å². The van der Waals surface area contributed by atoms with Crippen LogP contribution in [-0.4, -0.2) is 24.2 Å². The molecule has 0 bridgehead atoms. The van der Waals surface area contributed by atoms with Crippen molar-refractivity contribution in [1.82, 2.24) is 5.32 Å². The third kappa shape index (κ3) is 4.36. The highest BCUT2D eigenvalue weighted by molar-refractivity contribution is 7.14. The second-order valence-corrected chi connectivity index (χ2v) is 6.96. The van der Waals surface area contributed by atoms with Crippen LogP contribution in [0.15, 0.2) is 6.07 Å². The number of hydrogen-bond donors (Lipinski definition) is 2. The van der Waals surface area contributed by atoms with Gasteiger partial charge in [-0.05, 0) is 29.9 Å². The summed E-state index contributed by atoms with van der Waals surface area (Å²) in [5.41, 5.74) is 1.05. The summed E-state index contributed by atoms with van der Waals surface area (Å²) in [6, 6.07) is 1.85. The number of aliphatic hydroxyl groups excluding tert-OH is 1. The fourth-order valence-corrected chi connectivity index (χ4v) is 2.40. The van der Waals surface area contributed by atoms with Gasteiger partial charge < -0.3 is 10.4 Å². The molecule has 0 radical (unpaired) electrons. The fraction of sp³-hybridized carbons (Fsp3) is 0.562. The van der Waals surface area contributed by atoms with Gasteiger partial charge in [0.25, 0.3) is 5.91 Å². The monoisotopic (exact) mass is 293 g/mol. The Morgan fingerprint density at radius 1 is 1.50 bits per heavy atom. The van der Waals surface area contributed by atoms with Crippen molar-refractivity contribution in [2.75, 3.05) is 13.2 Å². The van der Waals surface area contributed by atoms with E-state index in [0.717, 1.165) is 10.4 Å². The Morgan fingerprint density at radius 2 is 2.15 bits per heavy atom. The molecule has 110 valence electrons. The van der Waals surface area contributed by atoms with E-state index in [1.54, 1.807) is 0 Å². The molecule has 0 spiro atoms. The van der Waals surface area contributed by atoms with Gasteiger partial charge in [-0.2, -0.15) is 0 Å². The first-order valence-electron chi connectivity index (χ1n) is 6.76. The summed E-state index contributed by atoms with van der Waals surface area (Å²) in [5, 5.41) is 11.7. The predicted molar refractivity (Wildman–Crippen MR) is 84.0 cm³/mol. The van der Waals surface area contributed by atoms with Crippen molar-refractivity contribution in [3.8, 4) is 11.8 Å². The smallest absolute Gasteiger partial charge is 0.261 e. The van der Waals surface area contributed by atoms with Crippen LogP contribution >= 0.6 is 11.3 Å². The maximum Gasteiger partial charge on any atom is 0.261 e. The zero-order valence-electron chi connectivity index (χ0n) is 12.8. The highest BCUT2D eigenvalue weighted by atomic mass is 32.1. The molecule has 1 aromatic heterocycles. The second-order valence-electron chi connectivity index (χ2n) is 5.91. The molecule has 0 atom stereocenters. The number of carbonyl (C=O) groups excluding carboxylic acids is 1. The van der Waals surface area contributed by atoms with E-state index < -0.39 is 0 Å². The Kier molecular flexibility index (Phi) is 5.79. The molecule has 4 heteroatoms. The summed E-state index contributed by atoms with van der Waals surface area (Å²) in [6.07, 6.45) is 0. The van der Waals surface area contributed by atoms with E-state index in [1.807, 2.05) is 13.0 Å². The summed E-state index contributed by atoms with van der Waals surface area (Å²) in [4.78, 5) is 13.7. The maximum atomic E-state index is 12.2. The van der Waals surface area contributed by atoms with Crippen molar-refractivity contribution in [2.24, 2.45) is 11.3 Å². The highest BCUT2D eigenvalue weighted by Crippen LogP contribution is 2.25. The van der Waals surface area contributed by atoms with Crippen molar-refractivity contribution in [3.05, 3.63) is 21.4 Å². The number of nitrogens with one attached hydrogen (secondary N) is 1. The lowest BCUT2D eigenvalue weighted by atomic mass is 9.81. The van der Waals surface area contributed by atoms with Gasteiger partial charge in [-0.25, -0.2) is 0 Å². The molecule has 0 aliphatic rings. The Balaban J connectivity index is 2.74. The van der Waals surface area contributed by atoms with Crippen molar-refractivity contribution >= 4 is 17.2 Å². The summed E-state index contributed by atoms with van der Waals surface area (Å²) in [6.45, 7) is 11.0. The second kappa shape index (κ2) is 6.92. The number of amides is 1. The molecule has 0 saturated heterocycles. The van der Waals surface area contributed by atoms with Crippen LogP contribution in [0.25, 0.3) is 0 Å². The number of aryl methyl sites for hydroxylation is 1. The Labute approximate surface area is 125 Å². The maximum absolute atomic E-state index is 12.2. The van der Waals surface area contributed by atoms with Gasteiger partial charge in [-0.3, -0.25) is 4.79 Å². The zero-order valence-corrected chi connectivity index (χ0v) is 13.6. The topological polar surface area (TPSA) is 49.3 Å². The predicted octanol–water partition coefficient (Wildman–Crippen LogP) is 2.81. The third-order valence-corrected chi connectivity index (χ3v) is 4.84. The lowest BCUT2D eigenvalue weighted by molar-refractivity contribution is 0.0929. The minimum Gasteiger partial charge on any atom is -0.384 e. The van der Waals surface area contributed by atoms with E-state index in [4.69, 9.17) is 5.11 Å². The Morgan fingerprint density at radius 3 is 2.70 bits per heavy atom. The van der Waals surface area contributed by atoms with Gasteiger partial charge in [0.05, 0.1) is 9.75 Å². The standard InChI is InChI=1S/C16H23NO2S/c1-11(2)16(4,5)10-17-15(19)14-9-12(3)13(20-14)7-6-8-18/h9,11,18H,8,10H2,1-5H3,(H,17,19). The molecule has 1 aromatic rings. The number of aliphatic hydroxyl groups is 1. The molecule has 0 aromatic carbocycles. The number of hydrogen-bond acceptors (Lipinski definition) is 3. The van der Waals surface area contributed by atoms with Crippen LogP contribution in [0.2, 0.25) is 0 Å². The van der Waals surface area contributed by atoms with Crippen molar-refractivity contribution in [2.45, 2.75) is 34.6 Å². The third-order valence-electron chi connectivity index (χ3n) is 3.69. The van der Waals surface area contributed by atoms with Gasteiger partial charge in [0.15, 0.2) is 0 Å². The molecule has 0 aliphatic carbocycles. The summed E-state index contributed by atoms with van der Waals surface area (Å²) >= 11 is 1.37. The Hall–Kier alpha value is -1.31. The fourth-order valence-electron chi connectivity index (χ4n) is 1.44. The zero-order chi connectivity index (χ0) is 15.3. The number of thiophene rings is 1. The summed E-state index contributed by atoms with van der Waals surface area (Å²) < 4.78 is 0. The first kappa shape index (κ1) is 16.7. The van der Waals surface area contributed by atoms with Crippen LogP contribution in [-0.2, 0) is 0 Å². The lowest BCUT2D eigenvalue weighted by Crippen LogP contribution is -2.36. The first-order chi connectivity index (χ1) is 9.27. The molecular formula is C16H23NO2S. The van der Waals surface area contributed by atoms with Crippen molar-refractivity contribution in [3.63, 3.8) is 0 Å². The molecule has 0 saturated carbocycles. The molecular weight excluding hydrogens is 270 g/mol. The number of carbonyl (C=O) groups is 1. The van der Waals surface area contributed by atoms with Gasteiger partial charge in [-0.15, -0.1) is 11.3 Å². The summed E-state index contributed by atoms with van der Waals surface area (Å²) in [5.74, 6) is 5.93. The first-order valence-corrected chi connectivity index (χ1v) is 7.58. The van der Waals surface area contributed by atoms with Gasteiger partial charge in [0, 0.05) is 6.54 Å². The van der Waals surface area contributed by atoms with Crippen LogP contribution in [0.5, 0.6) is 0 Å². The lowest BCUT2D eigenvalue weighted by Gasteiger charge is -2.29. The van der Waals surface area contributed by atoms with Gasteiger partial charge in [0.1, 0.15) is 6.61 Å². The minimum atomic E-state index is -0.165. The van der Waals surface area contributed by atoms with Crippen LogP contribution in [0.4, 0.5) is 0 Å². The SMILES string of the molecule is Cc1cc(C(=O)NCC(C)(C)C(C)C)sc1C#CCO. The van der Waals surface area contributed by atoms with E-state index in [9.17, 15) is 4.79 Å². The highest BCUT2D eigenvalue weighted by Gasteiger charge is 2.23. The molecule has 1 amide bonds. The largest absolute Gasteiger partial charge is 0.384 e. The molecule has 2 N–H and O–H groups in total. The van der Waals surface area contributed by atoms with Gasteiger partial charge in [-0.1, -0.05) is 39.5 Å². The van der Waals surface area contributed by atoms with Gasteiger partial charge in [0.2, 0.25) is 0 Å². The minimum absolute atomic E-state index is 0.0520. The van der Waals surface area contributed by atoms with Crippen LogP contribution in [0.3, 0.4) is 0 Å². The normalized spacial score (nSPS) is 11.2. The molecule has 20 heavy (non-hydrogen) atoms. The number of rotatable bonds is 4.